The van der Waals surface area contributed by atoms with Gasteiger partial charge in [-0.25, -0.2) is 4.79 Å². The molecule has 1 amide bonds. The molecule has 1 aliphatic heterocycles. The monoisotopic (exact) mass is 309 g/mol. The van der Waals surface area contributed by atoms with Crippen LogP contribution in [0.5, 0.6) is 0 Å². The van der Waals surface area contributed by atoms with Gasteiger partial charge in [0.2, 0.25) is 0 Å². The summed E-state index contributed by atoms with van der Waals surface area (Å²) in [4.78, 5) is 14.0. The maximum absolute atomic E-state index is 12.2. The molecule has 110 valence electrons. The van der Waals surface area contributed by atoms with Crippen LogP contribution in [-0.4, -0.2) is 18.7 Å². The Labute approximate surface area is 132 Å². The van der Waals surface area contributed by atoms with E-state index in [0.717, 1.165) is 11.4 Å². The Bertz CT molecular complexity index is 779. The van der Waals surface area contributed by atoms with Crippen LogP contribution in [0, 0.1) is 0 Å². The molecule has 1 aliphatic rings. The highest BCUT2D eigenvalue weighted by Crippen LogP contribution is 2.36. The number of carbonyl (C=O) groups excluding carboxylic acids is 1. The molecule has 3 aromatic rings. The van der Waals surface area contributed by atoms with Gasteiger partial charge in [-0.1, -0.05) is 48.5 Å². The molecule has 2 heterocycles. The lowest BCUT2D eigenvalue weighted by Crippen LogP contribution is -2.34. The quantitative estimate of drug-likeness (QED) is 0.714. The minimum absolute atomic E-state index is 0.0583. The lowest BCUT2D eigenvalue weighted by atomic mass is 10.1. The second kappa shape index (κ2) is 5.46. The van der Waals surface area contributed by atoms with E-state index >= 15 is 0 Å². The highest BCUT2D eigenvalue weighted by atomic mass is 32.1. The molecule has 1 atom stereocenters. The van der Waals surface area contributed by atoms with Crippen molar-refractivity contribution in [3.63, 3.8) is 0 Å². The van der Waals surface area contributed by atoms with Gasteiger partial charge in [0, 0.05) is 4.70 Å². The first-order valence-electron chi connectivity index (χ1n) is 7.30. The Morgan fingerprint density at radius 3 is 2.68 bits per heavy atom. The zero-order chi connectivity index (χ0) is 14.9. The molecular formula is C18H15NO2S. The number of benzene rings is 2. The minimum atomic E-state index is -0.243. The van der Waals surface area contributed by atoms with Crippen LogP contribution in [0.15, 0.2) is 60.7 Å². The number of hydrogen-bond donors (Lipinski definition) is 0. The number of fused-ring (bicyclic) bond motifs is 1. The van der Waals surface area contributed by atoms with Crippen LogP contribution in [-0.2, 0) is 11.2 Å². The van der Waals surface area contributed by atoms with Crippen molar-refractivity contribution in [3.05, 3.63) is 66.2 Å². The van der Waals surface area contributed by atoms with Gasteiger partial charge in [-0.15, -0.1) is 11.3 Å². The average Bonchev–Trinajstić information content (AvgIpc) is 3.11. The van der Waals surface area contributed by atoms with Gasteiger partial charge in [0.1, 0.15) is 11.6 Å². The number of cyclic esters (lactones) is 1. The minimum Gasteiger partial charge on any atom is -0.447 e. The number of carbonyl (C=O) groups is 1. The second-order valence-corrected chi connectivity index (χ2v) is 6.48. The van der Waals surface area contributed by atoms with Crippen LogP contribution in [0.3, 0.4) is 0 Å². The summed E-state index contributed by atoms with van der Waals surface area (Å²) in [6, 6.07) is 20.6. The molecule has 0 bridgehead atoms. The number of anilines is 1. The SMILES string of the molecule is O=C1OC[C@@H](Cc2ccccc2)N1c1cc2ccccc2s1. The maximum atomic E-state index is 12.2. The Kier molecular flexibility index (Phi) is 3.31. The number of nitrogens with zero attached hydrogens (tertiary/aromatic N) is 1. The van der Waals surface area contributed by atoms with E-state index in [1.165, 1.54) is 15.6 Å². The van der Waals surface area contributed by atoms with Gasteiger partial charge in [0.15, 0.2) is 0 Å². The highest BCUT2D eigenvalue weighted by molar-refractivity contribution is 7.23. The maximum Gasteiger partial charge on any atom is 0.415 e. The number of rotatable bonds is 3. The van der Waals surface area contributed by atoms with Crippen molar-refractivity contribution in [1.82, 2.24) is 0 Å². The fraction of sp³-hybridized carbons (Fsp3) is 0.167. The third-order valence-electron chi connectivity index (χ3n) is 3.93. The molecule has 2 aromatic carbocycles. The number of amides is 1. The Morgan fingerprint density at radius 2 is 1.86 bits per heavy atom. The third-order valence-corrected chi connectivity index (χ3v) is 5.04. The summed E-state index contributed by atoms with van der Waals surface area (Å²) in [5.41, 5.74) is 1.22. The van der Waals surface area contributed by atoms with Gasteiger partial charge < -0.3 is 4.74 Å². The fourth-order valence-corrected chi connectivity index (χ4v) is 3.98. The molecule has 1 fully saturated rings. The predicted octanol–water partition coefficient (Wildman–Crippen LogP) is 4.47. The van der Waals surface area contributed by atoms with Crippen molar-refractivity contribution >= 4 is 32.5 Å². The molecule has 0 unspecified atom stereocenters. The first kappa shape index (κ1) is 13.3. The molecule has 0 radical (unpaired) electrons. The zero-order valence-electron chi connectivity index (χ0n) is 11.9. The number of hydrogen-bond acceptors (Lipinski definition) is 3. The zero-order valence-corrected chi connectivity index (χ0v) is 12.8. The van der Waals surface area contributed by atoms with Crippen molar-refractivity contribution in [2.45, 2.75) is 12.5 Å². The van der Waals surface area contributed by atoms with E-state index in [0.29, 0.717) is 6.61 Å². The summed E-state index contributed by atoms with van der Waals surface area (Å²) in [6.45, 7) is 0.446. The second-order valence-electron chi connectivity index (χ2n) is 5.41. The molecular weight excluding hydrogens is 294 g/mol. The lowest BCUT2D eigenvalue weighted by molar-refractivity contribution is 0.179. The summed E-state index contributed by atoms with van der Waals surface area (Å²) in [7, 11) is 0. The van der Waals surface area contributed by atoms with Crippen LogP contribution in [0.4, 0.5) is 9.80 Å². The molecule has 22 heavy (non-hydrogen) atoms. The molecule has 1 aromatic heterocycles. The standard InChI is InChI=1S/C18H15NO2S/c20-18-19(17-11-14-8-4-5-9-16(14)22-17)15(12-21-18)10-13-6-2-1-3-7-13/h1-9,11,15H,10,12H2/t15-/m1/s1. The van der Waals surface area contributed by atoms with Gasteiger partial charge in [0.25, 0.3) is 0 Å². The molecule has 0 aliphatic carbocycles. The number of thiophene rings is 1. The van der Waals surface area contributed by atoms with E-state index < -0.39 is 0 Å². The summed E-state index contributed by atoms with van der Waals surface area (Å²) in [5.74, 6) is 0. The first-order valence-corrected chi connectivity index (χ1v) is 8.11. The Hall–Kier alpha value is -2.33. The normalized spacial score (nSPS) is 17.9. The van der Waals surface area contributed by atoms with Gasteiger partial charge in [-0.05, 0) is 29.5 Å². The van der Waals surface area contributed by atoms with Crippen LogP contribution < -0.4 is 4.90 Å². The van der Waals surface area contributed by atoms with E-state index in [1.54, 1.807) is 16.2 Å². The smallest absolute Gasteiger partial charge is 0.415 e. The van der Waals surface area contributed by atoms with Gasteiger partial charge in [0.05, 0.1) is 6.04 Å². The van der Waals surface area contributed by atoms with E-state index in [4.69, 9.17) is 4.74 Å². The summed E-state index contributed by atoms with van der Waals surface area (Å²) in [5, 5.41) is 2.13. The lowest BCUT2D eigenvalue weighted by Gasteiger charge is -2.19. The van der Waals surface area contributed by atoms with E-state index in [2.05, 4.69) is 30.3 Å². The molecule has 0 saturated carbocycles. The molecule has 3 nitrogen and oxygen atoms in total. The summed E-state index contributed by atoms with van der Waals surface area (Å²) in [6.07, 6.45) is 0.563. The summed E-state index contributed by atoms with van der Waals surface area (Å²) >= 11 is 1.64. The fourth-order valence-electron chi connectivity index (χ4n) is 2.85. The van der Waals surface area contributed by atoms with Crippen LogP contribution >= 0.6 is 11.3 Å². The molecule has 0 N–H and O–H groups in total. The Morgan fingerprint density at radius 1 is 1.09 bits per heavy atom. The van der Waals surface area contributed by atoms with E-state index in [9.17, 15) is 4.79 Å². The average molecular weight is 309 g/mol. The van der Waals surface area contributed by atoms with Crippen molar-refractivity contribution in [2.75, 3.05) is 11.5 Å². The van der Waals surface area contributed by atoms with Crippen LogP contribution in [0.1, 0.15) is 5.56 Å². The van der Waals surface area contributed by atoms with Crippen molar-refractivity contribution in [2.24, 2.45) is 0 Å². The summed E-state index contributed by atoms with van der Waals surface area (Å²) < 4.78 is 6.48. The Balaban J connectivity index is 1.66. The van der Waals surface area contributed by atoms with Crippen molar-refractivity contribution in [1.29, 1.82) is 0 Å². The number of ether oxygens (including phenoxy) is 1. The predicted molar refractivity (Wildman–Crippen MR) is 89.6 cm³/mol. The first-order chi connectivity index (χ1) is 10.8. The third kappa shape index (κ3) is 2.35. The molecule has 1 saturated heterocycles. The topological polar surface area (TPSA) is 29.5 Å². The van der Waals surface area contributed by atoms with Gasteiger partial charge in [-0.3, -0.25) is 4.90 Å². The molecule has 0 spiro atoms. The van der Waals surface area contributed by atoms with Crippen LogP contribution in [0.2, 0.25) is 0 Å². The van der Waals surface area contributed by atoms with Crippen LogP contribution in [0.25, 0.3) is 10.1 Å². The molecule has 4 rings (SSSR count). The van der Waals surface area contributed by atoms with Crippen molar-refractivity contribution < 1.29 is 9.53 Å². The highest BCUT2D eigenvalue weighted by Gasteiger charge is 2.35. The van der Waals surface area contributed by atoms with Crippen molar-refractivity contribution in [3.8, 4) is 0 Å². The molecule has 4 heteroatoms. The van der Waals surface area contributed by atoms with Gasteiger partial charge >= 0.3 is 6.09 Å². The largest absolute Gasteiger partial charge is 0.447 e. The van der Waals surface area contributed by atoms with Gasteiger partial charge in [-0.2, -0.15) is 0 Å². The van der Waals surface area contributed by atoms with E-state index in [-0.39, 0.29) is 12.1 Å². The van der Waals surface area contributed by atoms with E-state index in [1.807, 2.05) is 30.3 Å².